The number of hydrogen-bond donors (Lipinski definition) is 3. The van der Waals surface area contributed by atoms with E-state index in [2.05, 4.69) is 22.1 Å². The predicted molar refractivity (Wildman–Crippen MR) is 106 cm³/mol. The number of ether oxygens (including phenoxy) is 1. The van der Waals surface area contributed by atoms with Crippen LogP contribution in [-0.4, -0.2) is 42.3 Å². The fraction of sp³-hybridized carbons (Fsp3) is 0.238. The van der Waals surface area contributed by atoms with E-state index in [0.29, 0.717) is 31.0 Å². The highest BCUT2D eigenvalue weighted by Gasteiger charge is 2.26. The highest BCUT2D eigenvalue weighted by Crippen LogP contribution is 2.34. The molecule has 0 spiro atoms. The number of nitrogens with one attached hydrogen (secondary N) is 1. The van der Waals surface area contributed by atoms with Crippen LogP contribution in [0.25, 0.3) is 16.9 Å². The molecule has 0 fully saturated rings. The van der Waals surface area contributed by atoms with Crippen LogP contribution in [0.1, 0.15) is 22.8 Å². The van der Waals surface area contributed by atoms with E-state index in [1.165, 1.54) is 0 Å². The molecule has 1 aromatic carbocycles. The van der Waals surface area contributed by atoms with Crippen molar-refractivity contribution in [1.82, 2.24) is 10.3 Å². The number of allylic oxidation sites excluding steroid dienone is 4. The summed E-state index contributed by atoms with van der Waals surface area (Å²) in [5.74, 6) is 1.92. The van der Waals surface area contributed by atoms with Crippen molar-refractivity contribution in [2.24, 2.45) is 5.73 Å². The zero-order valence-electron chi connectivity index (χ0n) is 15.9. The van der Waals surface area contributed by atoms with Gasteiger partial charge in [-0.15, -0.1) is 0 Å². The van der Waals surface area contributed by atoms with Crippen LogP contribution in [0.3, 0.4) is 0 Å². The number of amides is 1. The van der Waals surface area contributed by atoms with Crippen molar-refractivity contribution < 1.29 is 27.8 Å². The lowest BCUT2D eigenvalue weighted by molar-refractivity contribution is 0.0996. The highest BCUT2D eigenvalue weighted by atomic mass is 19.1. The van der Waals surface area contributed by atoms with Crippen LogP contribution >= 0.6 is 0 Å². The third kappa shape index (κ3) is 4.92. The smallest absolute Gasteiger partial charge is 0.271 e. The maximum absolute atomic E-state index is 14.3. The first-order chi connectivity index (χ1) is 14.5. The molecule has 9 heteroatoms. The lowest BCUT2D eigenvalue weighted by Gasteiger charge is -2.07. The largest absolute Gasteiger partial charge is 0.492 e. The molecule has 1 amide bonds. The number of primary amides is 1. The lowest BCUT2D eigenvalue weighted by atomic mass is 10.1. The van der Waals surface area contributed by atoms with Gasteiger partial charge in [-0.25, -0.2) is 9.37 Å². The molecule has 30 heavy (non-hydrogen) atoms. The summed E-state index contributed by atoms with van der Waals surface area (Å²) in [7, 11) is 0. The molecule has 7 nitrogen and oxygen atoms in total. The lowest BCUT2D eigenvalue weighted by Crippen LogP contribution is -2.23. The first-order valence-electron chi connectivity index (χ1n) is 9.11. The Bertz CT molecular complexity index is 1050. The van der Waals surface area contributed by atoms with Gasteiger partial charge in [0.15, 0.2) is 17.3 Å². The molecule has 0 unspecified atom stereocenters. The first-order valence-corrected chi connectivity index (χ1v) is 9.11. The monoisotopic (exact) mass is 415 g/mol. The number of halogens is 2. The summed E-state index contributed by atoms with van der Waals surface area (Å²) in [5, 5.41) is 11.7. The van der Waals surface area contributed by atoms with Gasteiger partial charge in [0.1, 0.15) is 23.8 Å². The van der Waals surface area contributed by atoms with Crippen LogP contribution in [0.4, 0.5) is 8.78 Å². The minimum Gasteiger partial charge on any atom is -0.492 e. The van der Waals surface area contributed by atoms with Crippen molar-refractivity contribution in [3.63, 3.8) is 0 Å². The van der Waals surface area contributed by atoms with Gasteiger partial charge < -0.3 is 25.3 Å². The molecule has 1 aliphatic carbocycles. The van der Waals surface area contributed by atoms with E-state index in [1.54, 1.807) is 24.3 Å². The second-order valence-electron chi connectivity index (χ2n) is 6.15. The van der Waals surface area contributed by atoms with Crippen LogP contribution in [0, 0.1) is 11.8 Å². The van der Waals surface area contributed by atoms with Gasteiger partial charge >= 0.3 is 0 Å². The summed E-state index contributed by atoms with van der Waals surface area (Å²) >= 11 is 0. The zero-order chi connectivity index (χ0) is 21.5. The number of carbonyl (C=O) groups excluding carboxylic acids is 1. The first kappa shape index (κ1) is 21.2. The molecule has 0 atom stereocenters. The maximum Gasteiger partial charge on any atom is 0.271 e. The molecule has 0 bridgehead atoms. The van der Waals surface area contributed by atoms with Crippen molar-refractivity contribution in [1.29, 1.82) is 0 Å². The highest BCUT2D eigenvalue weighted by molar-refractivity contribution is 5.97. The molecule has 4 N–H and O–H groups in total. The maximum atomic E-state index is 14.3. The summed E-state index contributed by atoms with van der Waals surface area (Å²) in [6.07, 6.45) is 1.14. The fourth-order valence-electron chi connectivity index (χ4n) is 2.67. The summed E-state index contributed by atoms with van der Waals surface area (Å²) in [5.41, 5.74) is 5.00. The number of nitrogens with two attached hydrogens (primary N) is 1. The van der Waals surface area contributed by atoms with E-state index < -0.39 is 29.0 Å². The van der Waals surface area contributed by atoms with E-state index in [1.807, 2.05) is 0 Å². The van der Waals surface area contributed by atoms with Crippen molar-refractivity contribution in [2.75, 3.05) is 26.3 Å². The van der Waals surface area contributed by atoms with Crippen molar-refractivity contribution in [2.45, 2.75) is 6.42 Å². The zero-order valence-corrected chi connectivity index (χ0v) is 15.9. The van der Waals surface area contributed by atoms with Crippen LogP contribution in [0.2, 0.25) is 0 Å². The minimum absolute atomic E-state index is 0.0148. The number of benzene rings is 1. The Kier molecular flexibility index (Phi) is 6.95. The van der Waals surface area contributed by atoms with Crippen LogP contribution in [0.5, 0.6) is 5.75 Å². The minimum atomic E-state index is -1.04. The Morgan fingerprint density at radius 1 is 1.30 bits per heavy atom. The van der Waals surface area contributed by atoms with Gasteiger partial charge in [0.05, 0.1) is 6.61 Å². The summed E-state index contributed by atoms with van der Waals surface area (Å²) in [6, 6.07) is 6.51. The van der Waals surface area contributed by atoms with Gasteiger partial charge in [0, 0.05) is 25.1 Å². The van der Waals surface area contributed by atoms with E-state index >= 15 is 0 Å². The van der Waals surface area contributed by atoms with Crippen molar-refractivity contribution in [3.8, 4) is 28.9 Å². The number of oxazole rings is 1. The average Bonchev–Trinajstić information content (AvgIpc) is 3.09. The SMILES string of the molecule is NC(=O)c1nc(C2=C(F)C#CCC=C2F)oc1-c1ccc(OCCNCCO)cc1. The summed E-state index contributed by atoms with van der Waals surface area (Å²) in [6.45, 7) is 1.47. The molecule has 2 aromatic rings. The quantitative estimate of drug-likeness (QED) is 0.428. The Morgan fingerprint density at radius 3 is 2.77 bits per heavy atom. The summed E-state index contributed by atoms with van der Waals surface area (Å²) in [4.78, 5) is 15.7. The van der Waals surface area contributed by atoms with Crippen molar-refractivity contribution in [3.05, 3.63) is 53.6 Å². The van der Waals surface area contributed by atoms with Crippen LogP contribution in [-0.2, 0) is 0 Å². The molecule has 1 heterocycles. The Morgan fingerprint density at radius 2 is 2.07 bits per heavy atom. The number of aliphatic hydroxyl groups is 1. The molecule has 1 aromatic heterocycles. The fourth-order valence-corrected chi connectivity index (χ4v) is 2.67. The third-order valence-electron chi connectivity index (χ3n) is 4.07. The van der Waals surface area contributed by atoms with Crippen LogP contribution in [0.15, 0.2) is 46.4 Å². The third-order valence-corrected chi connectivity index (χ3v) is 4.07. The molecule has 0 saturated carbocycles. The van der Waals surface area contributed by atoms with E-state index in [-0.39, 0.29) is 24.5 Å². The molecule has 3 rings (SSSR count). The predicted octanol–water partition coefficient (Wildman–Crippen LogP) is 2.34. The number of hydrogen-bond acceptors (Lipinski definition) is 6. The van der Waals surface area contributed by atoms with Crippen molar-refractivity contribution >= 4 is 11.5 Å². The number of aromatic nitrogens is 1. The van der Waals surface area contributed by atoms with Gasteiger partial charge in [-0.2, -0.15) is 4.39 Å². The average molecular weight is 415 g/mol. The number of aliphatic hydroxyl groups excluding tert-OH is 1. The van der Waals surface area contributed by atoms with Gasteiger partial charge in [0.25, 0.3) is 5.91 Å². The molecule has 1 aliphatic rings. The van der Waals surface area contributed by atoms with Gasteiger partial charge in [-0.05, 0) is 36.3 Å². The Labute approximate surface area is 171 Å². The number of nitrogens with zero attached hydrogens (tertiary/aromatic N) is 1. The van der Waals surface area contributed by atoms with Gasteiger partial charge in [-0.3, -0.25) is 4.79 Å². The van der Waals surface area contributed by atoms with Gasteiger partial charge in [-0.1, -0.05) is 5.92 Å². The molecule has 0 aliphatic heterocycles. The Balaban J connectivity index is 1.86. The van der Waals surface area contributed by atoms with E-state index in [0.717, 1.165) is 6.08 Å². The van der Waals surface area contributed by atoms with E-state index in [9.17, 15) is 13.6 Å². The normalized spacial score (nSPS) is 13.4. The standard InChI is InChI=1S/C21H19F2N3O4/c22-15-3-1-2-4-16(23)17(15)21-26-18(20(24)28)19(30-21)13-5-7-14(8-6-13)29-12-10-25-9-11-27/h3,5-8,25,27H,1,9-12H2,(H2,24,28). The van der Waals surface area contributed by atoms with Crippen LogP contribution < -0.4 is 15.8 Å². The molecular weight excluding hydrogens is 396 g/mol. The van der Waals surface area contributed by atoms with E-state index in [4.69, 9.17) is 20.0 Å². The molecule has 156 valence electrons. The topological polar surface area (TPSA) is 111 Å². The number of carbonyl (C=O) groups is 1. The number of rotatable bonds is 9. The summed E-state index contributed by atoms with van der Waals surface area (Å²) < 4.78 is 39.6. The molecular formula is C21H19F2N3O4. The van der Waals surface area contributed by atoms with Gasteiger partial charge in [0.2, 0.25) is 5.89 Å². The second-order valence-corrected chi connectivity index (χ2v) is 6.15. The molecule has 0 saturated heterocycles. The Hall–Kier alpha value is -3.48. The molecule has 0 radical (unpaired) electrons. The second kappa shape index (κ2) is 9.82.